The van der Waals surface area contributed by atoms with Gasteiger partial charge in [-0.15, -0.1) is 0 Å². The summed E-state index contributed by atoms with van der Waals surface area (Å²) in [5.41, 5.74) is 1.67. The Labute approximate surface area is 97.3 Å². The highest BCUT2D eigenvalue weighted by Crippen LogP contribution is 2.26. The first-order chi connectivity index (χ1) is 7.58. The molecule has 1 nitrogen and oxygen atoms in total. The molecule has 0 aliphatic carbocycles. The molecule has 1 rings (SSSR count). The third kappa shape index (κ3) is 3.31. The first kappa shape index (κ1) is 13.2. The fourth-order valence-corrected chi connectivity index (χ4v) is 2.10. The Morgan fingerprint density at radius 2 is 1.88 bits per heavy atom. The highest BCUT2D eigenvalue weighted by molar-refractivity contribution is 5.27. The highest BCUT2D eigenvalue weighted by Gasteiger charge is 2.12. The van der Waals surface area contributed by atoms with Crippen molar-refractivity contribution < 1.29 is 9.50 Å². The highest BCUT2D eigenvalue weighted by atomic mass is 19.1. The Hall–Kier alpha value is -0.890. The molecule has 0 aromatic heterocycles. The minimum atomic E-state index is -0.418. The number of rotatable bonds is 5. The largest absolute Gasteiger partial charge is 0.393 e. The van der Waals surface area contributed by atoms with Gasteiger partial charge in [0.2, 0.25) is 0 Å². The summed E-state index contributed by atoms with van der Waals surface area (Å²) in [4.78, 5) is 0. The molecule has 0 aliphatic rings. The predicted molar refractivity (Wildman–Crippen MR) is 65.1 cm³/mol. The molecule has 1 aromatic rings. The molecule has 90 valence electrons. The predicted octanol–water partition coefficient (Wildman–Crippen LogP) is 3.65. The number of hydrogen-bond acceptors (Lipinski definition) is 1. The zero-order valence-electron chi connectivity index (χ0n) is 10.3. The molecule has 1 aromatic carbocycles. The second-order valence-electron chi connectivity index (χ2n) is 4.42. The summed E-state index contributed by atoms with van der Waals surface area (Å²) in [5, 5.41) is 9.25. The topological polar surface area (TPSA) is 20.2 Å². The fourth-order valence-electron chi connectivity index (χ4n) is 2.10. The van der Waals surface area contributed by atoms with Gasteiger partial charge in [-0.2, -0.15) is 0 Å². The Bertz CT molecular complexity index is 330. The molecule has 16 heavy (non-hydrogen) atoms. The maximum absolute atomic E-state index is 13.8. The van der Waals surface area contributed by atoms with Crippen molar-refractivity contribution in [2.24, 2.45) is 0 Å². The monoisotopic (exact) mass is 224 g/mol. The van der Waals surface area contributed by atoms with Crippen LogP contribution in [0.25, 0.3) is 0 Å². The van der Waals surface area contributed by atoms with Crippen LogP contribution in [0.4, 0.5) is 4.39 Å². The lowest BCUT2D eigenvalue weighted by atomic mass is 9.92. The summed E-state index contributed by atoms with van der Waals surface area (Å²) >= 11 is 0. The molecule has 0 saturated heterocycles. The number of benzene rings is 1. The van der Waals surface area contributed by atoms with Crippen molar-refractivity contribution in [3.63, 3.8) is 0 Å². The Morgan fingerprint density at radius 1 is 1.25 bits per heavy atom. The van der Waals surface area contributed by atoms with Gasteiger partial charge < -0.3 is 5.11 Å². The van der Waals surface area contributed by atoms with Crippen LogP contribution in [0.1, 0.15) is 50.7 Å². The van der Waals surface area contributed by atoms with Crippen LogP contribution < -0.4 is 0 Å². The first-order valence-corrected chi connectivity index (χ1v) is 6.04. The normalized spacial score (nSPS) is 13.1. The molecule has 1 atom stereocenters. The van der Waals surface area contributed by atoms with Crippen LogP contribution in [0, 0.1) is 5.82 Å². The first-order valence-electron chi connectivity index (χ1n) is 6.04. The SMILES string of the molecule is CCC(CC)c1ccc(CC(C)O)cc1F. The van der Waals surface area contributed by atoms with E-state index in [0.717, 1.165) is 24.0 Å². The summed E-state index contributed by atoms with van der Waals surface area (Å²) in [6.45, 7) is 5.88. The second-order valence-corrected chi connectivity index (χ2v) is 4.42. The van der Waals surface area contributed by atoms with Gasteiger partial charge >= 0.3 is 0 Å². The smallest absolute Gasteiger partial charge is 0.126 e. The van der Waals surface area contributed by atoms with Crippen LogP contribution in [0.2, 0.25) is 0 Å². The van der Waals surface area contributed by atoms with E-state index in [9.17, 15) is 9.50 Å². The third-order valence-electron chi connectivity index (χ3n) is 3.02. The van der Waals surface area contributed by atoms with Crippen molar-refractivity contribution in [2.75, 3.05) is 0 Å². The zero-order chi connectivity index (χ0) is 12.1. The lowest BCUT2D eigenvalue weighted by Gasteiger charge is -2.15. The summed E-state index contributed by atoms with van der Waals surface area (Å²) < 4.78 is 13.8. The average molecular weight is 224 g/mol. The molecule has 0 amide bonds. The standard InChI is InChI=1S/C14H21FO/c1-4-12(5-2)13-7-6-11(8-10(3)16)9-14(13)15/h6-7,9-10,12,16H,4-5,8H2,1-3H3. The number of aliphatic hydroxyl groups is 1. The van der Waals surface area contributed by atoms with E-state index >= 15 is 0 Å². The quantitative estimate of drug-likeness (QED) is 0.809. The molecule has 1 N–H and O–H groups in total. The Morgan fingerprint density at radius 3 is 2.31 bits per heavy atom. The number of halogens is 1. The number of aliphatic hydroxyl groups excluding tert-OH is 1. The Balaban J connectivity index is 2.90. The minimum absolute atomic E-state index is 0.133. The van der Waals surface area contributed by atoms with Crippen LogP contribution >= 0.6 is 0 Å². The average Bonchev–Trinajstić information content (AvgIpc) is 2.21. The van der Waals surface area contributed by atoms with Gasteiger partial charge in [-0.1, -0.05) is 26.0 Å². The summed E-state index contributed by atoms with van der Waals surface area (Å²) in [6.07, 6.45) is 2.02. The van der Waals surface area contributed by atoms with Crippen molar-refractivity contribution in [3.05, 3.63) is 35.1 Å². The zero-order valence-corrected chi connectivity index (χ0v) is 10.3. The van der Waals surface area contributed by atoms with E-state index < -0.39 is 6.10 Å². The van der Waals surface area contributed by atoms with Crippen molar-refractivity contribution >= 4 is 0 Å². The molecule has 0 fully saturated rings. The van der Waals surface area contributed by atoms with E-state index in [-0.39, 0.29) is 5.82 Å². The molecule has 0 radical (unpaired) electrons. The molecule has 2 heteroatoms. The van der Waals surface area contributed by atoms with Gasteiger partial charge in [0.05, 0.1) is 6.10 Å². The van der Waals surface area contributed by atoms with Crippen LogP contribution in [-0.2, 0) is 6.42 Å². The number of hydrogen-bond donors (Lipinski definition) is 1. The fraction of sp³-hybridized carbons (Fsp3) is 0.571. The van der Waals surface area contributed by atoms with E-state index in [1.807, 2.05) is 12.1 Å². The maximum Gasteiger partial charge on any atom is 0.126 e. The molecular formula is C14H21FO. The van der Waals surface area contributed by atoms with E-state index in [1.165, 1.54) is 0 Å². The van der Waals surface area contributed by atoms with Crippen molar-refractivity contribution in [2.45, 2.75) is 52.1 Å². The molecule has 1 unspecified atom stereocenters. The van der Waals surface area contributed by atoms with Crippen molar-refractivity contribution in [3.8, 4) is 0 Å². The lowest BCUT2D eigenvalue weighted by molar-refractivity contribution is 0.195. The van der Waals surface area contributed by atoms with E-state index in [2.05, 4.69) is 13.8 Å². The van der Waals surface area contributed by atoms with Gasteiger partial charge in [-0.3, -0.25) is 0 Å². The van der Waals surface area contributed by atoms with Crippen LogP contribution in [0.3, 0.4) is 0 Å². The van der Waals surface area contributed by atoms with Gasteiger partial charge in [0.25, 0.3) is 0 Å². The minimum Gasteiger partial charge on any atom is -0.393 e. The Kier molecular flexibility index (Phi) is 4.94. The van der Waals surface area contributed by atoms with Gasteiger partial charge in [-0.05, 0) is 49.3 Å². The van der Waals surface area contributed by atoms with Crippen LogP contribution in [0.5, 0.6) is 0 Å². The van der Waals surface area contributed by atoms with Gasteiger partial charge in [0, 0.05) is 0 Å². The van der Waals surface area contributed by atoms with Crippen molar-refractivity contribution in [1.82, 2.24) is 0 Å². The van der Waals surface area contributed by atoms with Crippen LogP contribution in [-0.4, -0.2) is 11.2 Å². The lowest BCUT2D eigenvalue weighted by Crippen LogP contribution is -2.06. The second kappa shape index (κ2) is 6.00. The van der Waals surface area contributed by atoms with Gasteiger partial charge in [0.15, 0.2) is 0 Å². The van der Waals surface area contributed by atoms with E-state index in [1.54, 1.807) is 13.0 Å². The summed E-state index contributed by atoms with van der Waals surface area (Å²) in [5.74, 6) is 0.174. The molecule has 0 heterocycles. The molecule has 0 saturated carbocycles. The maximum atomic E-state index is 13.8. The summed E-state index contributed by atoms with van der Waals surface area (Å²) in [6, 6.07) is 5.34. The summed E-state index contributed by atoms with van der Waals surface area (Å²) in [7, 11) is 0. The third-order valence-corrected chi connectivity index (χ3v) is 3.02. The molecule has 0 aliphatic heterocycles. The van der Waals surface area contributed by atoms with Crippen molar-refractivity contribution in [1.29, 1.82) is 0 Å². The molecule has 0 bridgehead atoms. The van der Waals surface area contributed by atoms with Crippen LogP contribution in [0.15, 0.2) is 18.2 Å². The molecule has 0 spiro atoms. The van der Waals surface area contributed by atoms with E-state index in [0.29, 0.717) is 12.3 Å². The van der Waals surface area contributed by atoms with E-state index in [4.69, 9.17) is 0 Å². The van der Waals surface area contributed by atoms with Gasteiger partial charge in [-0.25, -0.2) is 4.39 Å². The van der Waals surface area contributed by atoms with Gasteiger partial charge in [0.1, 0.15) is 5.82 Å². The molecular weight excluding hydrogens is 203 g/mol.